The molecule has 0 aliphatic heterocycles. The Morgan fingerprint density at radius 1 is 1.38 bits per heavy atom. The number of benzene rings is 1. The molecule has 0 unspecified atom stereocenters. The topological polar surface area (TPSA) is 85.8 Å². The molecule has 0 saturated heterocycles. The molecule has 0 fully saturated rings. The lowest BCUT2D eigenvalue weighted by Crippen LogP contribution is -2.14. The second-order valence-electron chi connectivity index (χ2n) is 5.00. The lowest BCUT2D eigenvalue weighted by molar-refractivity contribution is -0.113. The van der Waals surface area contributed by atoms with Gasteiger partial charge in [-0.1, -0.05) is 40.7 Å². The average Bonchev–Trinajstić information content (AvgIpc) is 3.12. The van der Waals surface area contributed by atoms with Crippen molar-refractivity contribution in [3.05, 3.63) is 41.1 Å². The Morgan fingerprint density at radius 3 is 2.88 bits per heavy atom. The normalized spacial score (nSPS) is 10.8. The molecule has 2 aromatic heterocycles. The summed E-state index contributed by atoms with van der Waals surface area (Å²) in [6.07, 6.45) is 0. The standard InChI is InChI=1S/C15H14ClN5O2S/c1-9-7-12(20-23-9)17-13(22)8-24-15-19-18-14(21(15)2)10-5-3-4-6-11(10)16/h3-7H,8H2,1-2H3,(H,17,20,22). The first-order chi connectivity index (χ1) is 11.5. The van der Waals surface area contributed by atoms with Gasteiger partial charge >= 0.3 is 0 Å². The molecule has 124 valence electrons. The van der Waals surface area contributed by atoms with E-state index < -0.39 is 0 Å². The summed E-state index contributed by atoms with van der Waals surface area (Å²) in [6, 6.07) is 9.07. The third kappa shape index (κ3) is 3.60. The van der Waals surface area contributed by atoms with E-state index in [1.807, 2.05) is 25.2 Å². The zero-order chi connectivity index (χ0) is 17.1. The fourth-order valence-corrected chi connectivity index (χ4v) is 2.98. The Bertz CT molecular complexity index is 876. The van der Waals surface area contributed by atoms with Gasteiger partial charge in [0.1, 0.15) is 5.76 Å². The summed E-state index contributed by atoms with van der Waals surface area (Å²) < 4.78 is 6.71. The van der Waals surface area contributed by atoms with Crippen LogP contribution in [0.2, 0.25) is 5.02 Å². The highest BCUT2D eigenvalue weighted by Crippen LogP contribution is 2.28. The molecule has 2 heterocycles. The summed E-state index contributed by atoms with van der Waals surface area (Å²) in [5.74, 6) is 1.66. The second-order valence-corrected chi connectivity index (χ2v) is 6.35. The average molecular weight is 364 g/mol. The van der Waals surface area contributed by atoms with Crippen molar-refractivity contribution in [1.82, 2.24) is 19.9 Å². The first-order valence-corrected chi connectivity index (χ1v) is 8.41. The molecule has 0 aliphatic carbocycles. The summed E-state index contributed by atoms with van der Waals surface area (Å²) in [5, 5.41) is 15.9. The molecule has 0 radical (unpaired) electrons. The molecule has 24 heavy (non-hydrogen) atoms. The number of aryl methyl sites for hydroxylation is 1. The molecular weight excluding hydrogens is 350 g/mol. The van der Waals surface area contributed by atoms with Crippen LogP contribution in [0.25, 0.3) is 11.4 Å². The third-order valence-corrected chi connectivity index (χ3v) is 4.53. The minimum Gasteiger partial charge on any atom is -0.360 e. The Morgan fingerprint density at radius 2 is 2.17 bits per heavy atom. The highest BCUT2D eigenvalue weighted by Gasteiger charge is 2.15. The third-order valence-electron chi connectivity index (χ3n) is 3.18. The lowest BCUT2D eigenvalue weighted by Gasteiger charge is -2.05. The number of hydrogen-bond acceptors (Lipinski definition) is 6. The number of amides is 1. The molecule has 7 nitrogen and oxygen atoms in total. The largest absolute Gasteiger partial charge is 0.360 e. The monoisotopic (exact) mass is 363 g/mol. The van der Waals surface area contributed by atoms with E-state index in [2.05, 4.69) is 20.7 Å². The van der Waals surface area contributed by atoms with Gasteiger partial charge in [-0.05, 0) is 19.1 Å². The van der Waals surface area contributed by atoms with Gasteiger partial charge in [0.2, 0.25) is 5.91 Å². The first-order valence-electron chi connectivity index (χ1n) is 7.05. The number of aromatic nitrogens is 4. The molecule has 3 rings (SSSR count). The minimum atomic E-state index is -0.199. The van der Waals surface area contributed by atoms with Crippen LogP contribution in [-0.4, -0.2) is 31.6 Å². The Balaban J connectivity index is 1.66. The molecule has 1 amide bonds. The van der Waals surface area contributed by atoms with Crippen LogP contribution in [0.1, 0.15) is 5.76 Å². The van der Waals surface area contributed by atoms with Crippen LogP contribution in [-0.2, 0) is 11.8 Å². The van der Waals surface area contributed by atoms with Crippen molar-refractivity contribution in [1.29, 1.82) is 0 Å². The van der Waals surface area contributed by atoms with Crippen molar-refractivity contribution in [2.45, 2.75) is 12.1 Å². The number of rotatable bonds is 5. The fraction of sp³-hybridized carbons (Fsp3) is 0.200. The van der Waals surface area contributed by atoms with Crippen LogP contribution in [0.4, 0.5) is 5.82 Å². The predicted octanol–water partition coefficient (Wildman–Crippen LogP) is 3.16. The number of halogens is 1. The van der Waals surface area contributed by atoms with Crippen molar-refractivity contribution in [2.75, 3.05) is 11.1 Å². The van der Waals surface area contributed by atoms with Crippen LogP contribution in [0, 0.1) is 6.92 Å². The van der Waals surface area contributed by atoms with Crippen LogP contribution in [0.15, 0.2) is 40.0 Å². The molecule has 1 N–H and O–H groups in total. The number of carbonyl (C=O) groups excluding carboxylic acids is 1. The van der Waals surface area contributed by atoms with E-state index in [1.54, 1.807) is 23.6 Å². The quantitative estimate of drug-likeness (QED) is 0.701. The summed E-state index contributed by atoms with van der Waals surface area (Å²) >= 11 is 7.47. The number of thioether (sulfide) groups is 1. The maximum Gasteiger partial charge on any atom is 0.236 e. The first kappa shape index (κ1) is 16.5. The highest BCUT2D eigenvalue weighted by atomic mass is 35.5. The Hall–Kier alpha value is -2.32. The highest BCUT2D eigenvalue weighted by molar-refractivity contribution is 7.99. The summed E-state index contributed by atoms with van der Waals surface area (Å²) in [5.41, 5.74) is 0.795. The van der Waals surface area contributed by atoms with Crippen molar-refractivity contribution in [3.8, 4) is 11.4 Å². The molecule has 0 bridgehead atoms. The maximum atomic E-state index is 11.9. The van der Waals surface area contributed by atoms with E-state index in [4.69, 9.17) is 16.1 Å². The number of nitrogens with one attached hydrogen (secondary N) is 1. The molecule has 1 aromatic carbocycles. The number of carbonyl (C=O) groups is 1. The molecule has 0 atom stereocenters. The zero-order valence-electron chi connectivity index (χ0n) is 13.0. The van der Waals surface area contributed by atoms with Gasteiger partial charge in [0.15, 0.2) is 16.8 Å². The molecule has 3 aromatic rings. The molecule has 9 heteroatoms. The fourth-order valence-electron chi connectivity index (χ4n) is 2.05. The summed E-state index contributed by atoms with van der Waals surface area (Å²) in [4.78, 5) is 11.9. The number of anilines is 1. The van der Waals surface area contributed by atoms with Gasteiger partial charge in [-0.25, -0.2) is 0 Å². The number of hydrogen-bond donors (Lipinski definition) is 1. The molecule has 0 spiro atoms. The van der Waals surface area contributed by atoms with Crippen LogP contribution in [0.5, 0.6) is 0 Å². The van der Waals surface area contributed by atoms with E-state index in [1.165, 1.54) is 11.8 Å². The maximum absolute atomic E-state index is 11.9. The van der Waals surface area contributed by atoms with E-state index in [-0.39, 0.29) is 11.7 Å². The predicted molar refractivity (Wildman–Crippen MR) is 92.0 cm³/mol. The van der Waals surface area contributed by atoms with Gasteiger partial charge < -0.3 is 14.4 Å². The zero-order valence-corrected chi connectivity index (χ0v) is 14.6. The van der Waals surface area contributed by atoms with Gasteiger partial charge in [-0.2, -0.15) is 0 Å². The van der Waals surface area contributed by atoms with Crippen LogP contribution < -0.4 is 5.32 Å². The van der Waals surface area contributed by atoms with E-state index in [0.717, 1.165) is 5.56 Å². The Kier molecular flexibility index (Phi) is 4.86. The van der Waals surface area contributed by atoms with Gasteiger partial charge in [0.25, 0.3) is 0 Å². The molecule has 0 aliphatic rings. The Labute approximate surface area is 147 Å². The molecule has 0 saturated carbocycles. The van der Waals surface area contributed by atoms with Crippen molar-refractivity contribution < 1.29 is 9.32 Å². The van der Waals surface area contributed by atoms with E-state index in [0.29, 0.717) is 27.6 Å². The second kappa shape index (κ2) is 7.06. The van der Waals surface area contributed by atoms with Gasteiger partial charge in [-0.3, -0.25) is 4.79 Å². The minimum absolute atomic E-state index is 0.181. The van der Waals surface area contributed by atoms with Gasteiger partial charge in [0.05, 0.1) is 10.8 Å². The van der Waals surface area contributed by atoms with Crippen molar-refractivity contribution >= 4 is 35.1 Å². The van der Waals surface area contributed by atoms with Crippen molar-refractivity contribution in [3.63, 3.8) is 0 Å². The van der Waals surface area contributed by atoms with Crippen LogP contribution in [0.3, 0.4) is 0 Å². The van der Waals surface area contributed by atoms with E-state index in [9.17, 15) is 4.79 Å². The number of nitrogens with zero attached hydrogens (tertiary/aromatic N) is 4. The summed E-state index contributed by atoms with van der Waals surface area (Å²) in [6.45, 7) is 1.76. The van der Waals surface area contributed by atoms with Gasteiger partial charge in [-0.15, -0.1) is 10.2 Å². The smallest absolute Gasteiger partial charge is 0.236 e. The van der Waals surface area contributed by atoms with Crippen molar-refractivity contribution in [2.24, 2.45) is 7.05 Å². The van der Waals surface area contributed by atoms with Gasteiger partial charge in [0, 0.05) is 18.7 Å². The SMILES string of the molecule is Cc1cc(NC(=O)CSc2nnc(-c3ccccc3Cl)n2C)no1. The van der Waals surface area contributed by atoms with E-state index >= 15 is 0 Å². The lowest BCUT2D eigenvalue weighted by atomic mass is 10.2. The summed E-state index contributed by atoms with van der Waals surface area (Å²) in [7, 11) is 1.83. The molecular formula is C15H14ClN5O2S. The van der Waals surface area contributed by atoms with Crippen LogP contribution >= 0.6 is 23.4 Å².